The number of ether oxygens (including phenoxy) is 1. The summed E-state index contributed by atoms with van der Waals surface area (Å²) in [6.07, 6.45) is -0.819. The van der Waals surface area contributed by atoms with Crippen LogP contribution in [0.1, 0.15) is 19.4 Å². The third-order valence-corrected chi connectivity index (χ3v) is 4.19. The number of benzene rings is 1. The van der Waals surface area contributed by atoms with Crippen molar-refractivity contribution in [2.45, 2.75) is 26.4 Å². The molecule has 0 atom stereocenters. The van der Waals surface area contributed by atoms with Crippen LogP contribution in [-0.4, -0.2) is 27.2 Å². The Hall–Kier alpha value is -1.96. The van der Waals surface area contributed by atoms with Gasteiger partial charge in [-0.2, -0.15) is 8.42 Å². The van der Waals surface area contributed by atoms with Crippen LogP contribution in [0.4, 0.5) is 16.2 Å². The molecule has 1 aliphatic rings. The van der Waals surface area contributed by atoms with Gasteiger partial charge in [0, 0.05) is 12.2 Å². The number of fused-ring (bicyclic) bond motifs is 1. The highest BCUT2D eigenvalue weighted by atomic mass is 32.2. The molecule has 0 bridgehead atoms. The van der Waals surface area contributed by atoms with Crippen molar-refractivity contribution in [1.82, 2.24) is 4.72 Å². The molecule has 20 heavy (non-hydrogen) atoms. The molecule has 1 aliphatic heterocycles. The zero-order chi connectivity index (χ0) is 14.9. The Balaban J connectivity index is 2.19. The molecule has 2 rings (SSSR count). The maximum absolute atomic E-state index is 12.2. The highest BCUT2D eigenvalue weighted by molar-refractivity contribution is 7.91. The minimum atomic E-state index is -3.96. The second-order valence-corrected chi connectivity index (χ2v) is 6.37. The number of anilines is 2. The van der Waals surface area contributed by atoms with E-state index < -0.39 is 22.4 Å². The summed E-state index contributed by atoms with van der Waals surface area (Å²) in [6.45, 7) is 3.54. The monoisotopic (exact) mass is 299 g/mol. The van der Waals surface area contributed by atoms with E-state index in [2.05, 4.69) is 0 Å². The summed E-state index contributed by atoms with van der Waals surface area (Å²) >= 11 is 0. The van der Waals surface area contributed by atoms with E-state index in [1.54, 1.807) is 32.0 Å². The molecular weight excluding hydrogens is 282 g/mol. The van der Waals surface area contributed by atoms with Gasteiger partial charge in [0.15, 0.2) is 0 Å². The minimum Gasteiger partial charge on any atom is -0.446 e. The Bertz CT molecular complexity index is 628. The number of carbonyl (C=O) groups excluding carboxylic acids is 1. The maximum Gasteiger partial charge on any atom is 0.422 e. The number of hydrogen-bond donors (Lipinski definition) is 2. The Morgan fingerprint density at radius 3 is 2.80 bits per heavy atom. The van der Waals surface area contributed by atoms with Gasteiger partial charge in [-0.25, -0.2) is 9.52 Å². The fraction of sp³-hybridized carbons (Fsp3) is 0.417. The largest absolute Gasteiger partial charge is 0.446 e. The first-order chi connectivity index (χ1) is 9.29. The first-order valence-electron chi connectivity index (χ1n) is 6.19. The van der Waals surface area contributed by atoms with E-state index >= 15 is 0 Å². The highest BCUT2D eigenvalue weighted by Gasteiger charge is 2.31. The van der Waals surface area contributed by atoms with Gasteiger partial charge in [0.25, 0.3) is 0 Å². The predicted molar refractivity (Wildman–Crippen MR) is 75.6 cm³/mol. The molecule has 8 heteroatoms. The number of nitrogens with zero attached hydrogens (tertiary/aromatic N) is 1. The van der Waals surface area contributed by atoms with Crippen LogP contribution < -0.4 is 14.8 Å². The summed E-state index contributed by atoms with van der Waals surface area (Å²) in [5.74, 6) is 0. The quantitative estimate of drug-likeness (QED) is 0.811. The van der Waals surface area contributed by atoms with Crippen LogP contribution in [0.15, 0.2) is 18.2 Å². The summed E-state index contributed by atoms with van der Waals surface area (Å²) < 4.78 is 32.1. The van der Waals surface area contributed by atoms with Crippen LogP contribution in [0.2, 0.25) is 0 Å². The molecule has 0 saturated carbocycles. The summed E-state index contributed by atoms with van der Waals surface area (Å²) in [7, 11) is -3.96. The van der Waals surface area contributed by atoms with E-state index in [1.807, 2.05) is 4.72 Å². The lowest BCUT2D eigenvalue weighted by molar-refractivity contribution is 0.121. The van der Waals surface area contributed by atoms with Crippen molar-refractivity contribution >= 4 is 27.7 Å². The van der Waals surface area contributed by atoms with Crippen molar-refractivity contribution in [2.75, 3.05) is 16.6 Å². The topological polar surface area (TPSA) is 102 Å². The van der Waals surface area contributed by atoms with Gasteiger partial charge >= 0.3 is 16.3 Å². The maximum atomic E-state index is 12.2. The Labute approximate surface area is 117 Å². The number of rotatable bonds is 3. The van der Waals surface area contributed by atoms with E-state index in [4.69, 9.17) is 10.5 Å². The van der Waals surface area contributed by atoms with E-state index in [-0.39, 0.29) is 6.54 Å². The SMILES string of the molecule is CC(C)OC(=O)NS(=O)(=O)N1CCc2cc(N)ccc21. The molecule has 110 valence electrons. The van der Waals surface area contributed by atoms with Crippen LogP contribution in [0.3, 0.4) is 0 Å². The van der Waals surface area contributed by atoms with Gasteiger partial charge < -0.3 is 10.5 Å². The molecule has 1 aromatic rings. The van der Waals surface area contributed by atoms with Crippen LogP contribution in [0, 0.1) is 0 Å². The van der Waals surface area contributed by atoms with Gasteiger partial charge in [-0.3, -0.25) is 4.31 Å². The van der Waals surface area contributed by atoms with Crippen molar-refractivity contribution in [3.63, 3.8) is 0 Å². The van der Waals surface area contributed by atoms with Crippen molar-refractivity contribution in [3.8, 4) is 0 Å². The van der Waals surface area contributed by atoms with Crippen LogP contribution in [0.25, 0.3) is 0 Å². The highest BCUT2D eigenvalue weighted by Crippen LogP contribution is 2.31. The number of carbonyl (C=O) groups is 1. The zero-order valence-corrected chi connectivity index (χ0v) is 12.1. The Morgan fingerprint density at radius 1 is 1.45 bits per heavy atom. The first kappa shape index (κ1) is 14.4. The fourth-order valence-corrected chi connectivity index (χ4v) is 3.18. The molecule has 1 aromatic carbocycles. The molecule has 0 spiro atoms. The van der Waals surface area contributed by atoms with Crippen LogP contribution in [-0.2, 0) is 21.4 Å². The average molecular weight is 299 g/mol. The lowest BCUT2D eigenvalue weighted by Crippen LogP contribution is -2.43. The Kier molecular flexibility index (Phi) is 3.76. The number of nitrogens with two attached hydrogens (primary N) is 1. The summed E-state index contributed by atoms with van der Waals surface area (Å²) in [5, 5.41) is 0. The van der Waals surface area contributed by atoms with Gasteiger partial charge in [0.2, 0.25) is 0 Å². The molecular formula is C12H17N3O4S. The number of hydrogen-bond acceptors (Lipinski definition) is 5. The molecule has 0 aromatic heterocycles. The van der Waals surface area contributed by atoms with E-state index in [1.165, 1.54) is 0 Å². The first-order valence-corrected chi connectivity index (χ1v) is 7.63. The van der Waals surface area contributed by atoms with Crippen molar-refractivity contribution < 1.29 is 17.9 Å². The molecule has 0 radical (unpaired) electrons. The van der Waals surface area contributed by atoms with Gasteiger partial charge in [-0.15, -0.1) is 0 Å². The Morgan fingerprint density at radius 2 is 2.15 bits per heavy atom. The predicted octanol–water partition coefficient (Wildman–Crippen LogP) is 1.01. The van der Waals surface area contributed by atoms with Gasteiger partial charge in [0.05, 0.1) is 11.8 Å². The molecule has 0 aliphatic carbocycles. The lowest BCUT2D eigenvalue weighted by Gasteiger charge is -2.20. The van der Waals surface area contributed by atoms with Crippen molar-refractivity contribution in [2.24, 2.45) is 0 Å². The molecule has 0 fully saturated rings. The summed E-state index contributed by atoms with van der Waals surface area (Å²) in [6, 6.07) is 4.99. The van der Waals surface area contributed by atoms with Crippen molar-refractivity contribution in [3.05, 3.63) is 23.8 Å². The smallest absolute Gasteiger partial charge is 0.422 e. The lowest BCUT2D eigenvalue weighted by atomic mass is 10.1. The van der Waals surface area contributed by atoms with E-state index in [0.29, 0.717) is 17.8 Å². The number of amides is 1. The fourth-order valence-electron chi connectivity index (χ4n) is 2.04. The zero-order valence-electron chi connectivity index (χ0n) is 11.3. The summed E-state index contributed by atoms with van der Waals surface area (Å²) in [4.78, 5) is 11.4. The molecule has 0 saturated heterocycles. The van der Waals surface area contributed by atoms with Gasteiger partial charge in [-0.05, 0) is 44.0 Å². The second-order valence-electron chi connectivity index (χ2n) is 4.77. The minimum absolute atomic E-state index is 0.267. The third-order valence-electron chi connectivity index (χ3n) is 2.80. The molecule has 0 unspecified atom stereocenters. The third kappa shape index (κ3) is 2.96. The number of nitrogens with one attached hydrogen (secondary N) is 1. The van der Waals surface area contributed by atoms with Gasteiger partial charge in [-0.1, -0.05) is 0 Å². The second kappa shape index (κ2) is 5.20. The van der Waals surface area contributed by atoms with E-state index in [0.717, 1.165) is 9.87 Å². The average Bonchev–Trinajstić information content (AvgIpc) is 2.70. The number of nitrogen functional groups attached to an aromatic ring is 1. The van der Waals surface area contributed by atoms with Crippen LogP contribution in [0.5, 0.6) is 0 Å². The molecule has 3 N–H and O–H groups in total. The van der Waals surface area contributed by atoms with Crippen molar-refractivity contribution in [1.29, 1.82) is 0 Å². The van der Waals surface area contributed by atoms with Crippen LogP contribution >= 0.6 is 0 Å². The molecule has 1 amide bonds. The molecule has 7 nitrogen and oxygen atoms in total. The summed E-state index contributed by atoms with van der Waals surface area (Å²) in [5.41, 5.74) is 7.61. The molecule has 1 heterocycles. The van der Waals surface area contributed by atoms with E-state index in [9.17, 15) is 13.2 Å². The standard InChI is InChI=1S/C12H17N3O4S/c1-8(2)19-12(16)14-20(17,18)15-6-5-9-7-10(13)3-4-11(9)15/h3-4,7-8H,5-6,13H2,1-2H3,(H,14,16). The normalized spacial score (nSPS) is 14.2. The van der Waals surface area contributed by atoms with Gasteiger partial charge in [0.1, 0.15) is 0 Å².